The van der Waals surface area contributed by atoms with Gasteiger partial charge in [0.05, 0.1) is 17.9 Å². The molecule has 144 valence electrons. The minimum atomic E-state index is -0.446. The van der Waals surface area contributed by atoms with Crippen LogP contribution in [-0.2, 0) is 11.3 Å². The van der Waals surface area contributed by atoms with Gasteiger partial charge in [0.25, 0.3) is 11.8 Å². The lowest BCUT2D eigenvalue weighted by Gasteiger charge is -2.47. The maximum absolute atomic E-state index is 13.7. The van der Waals surface area contributed by atoms with E-state index in [4.69, 9.17) is 9.47 Å². The van der Waals surface area contributed by atoms with Gasteiger partial charge in [-0.25, -0.2) is 9.37 Å². The Labute approximate surface area is 160 Å². The Morgan fingerprint density at radius 1 is 1.44 bits per heavy atom. The van der Waals surface area contributed by atoms with Crippen molar-refractivity contribution in [1.82, 2.24) is 19.7 Å². The first-order chi connectivity index (χ1) is 13.1. The normalized spacial score (nSPS) is 20.7. The van der Waals surface area contributed by atoms with Gasteiger partial charge < -0.3 is 14.4 Å². The number of carbonyl (C=O) groups excluding carboxylic acids is 1. The number of amides is 1. The number of rotatable bonds is 6. The maximum Gasteiger partial charge on any atom is 0.274 e. The molecule has 1 spiro atoms. The van der Waals surface area contributed by atoms with Gasteiger partial charge in [-0.1, -0.05) is 0 Å². The fourth-order valence-electron chi connectivity index (χ4n) is 3.45. The molecule has 2 aliphatic heterocycles. The summed E-state index contributed by atoms with van der Waals surface area (Å²) in [5, 5.41) is 4.31. The molecule has 0 saturated carbocycles. The minimum Gasteiger partial charge on any atom is -0.471 e. The van der Waals surface area contributed by atoms with Crippen LogP contribution < -0.4 is 4.74 Å². The van der Waals surface area contributed by atoms with E-state index < -0.39 is 5.82 Å². The molecule has 0 unspecified atom stereocenters. The van der Waals surface area contributed by atoms with Crippen LogP contribution >= 0.6 is 11.8 Å². The molecule has 4 heterocycles. The van der Waals surface area contributed by atoms with Gasteiger partial charge in [-0.05, 0) is 18.2 Å². The summed E-state index contributed by atoms with van der Waals surface area (Å²) in [6.45, 7) is 2.49. The number of methoxy groups -OCH3 is 1. The quantitative estimate of drug-likeness (QED) is 0.747. The summed E-state index contributed by atoms with van der Waals surface area (Å²) in [4.78, 5) is 18.3. The molecule has 2 aromatic rings. The van der Waals surface area contributed by atoms with Gasteiger partial charge in [0.1, 0.15) is 11.8 Å². The Balaban J connectivity index is 1.30. The highest BCUT2D eigenvalue weighted by Crippen LogP contribution is 2.46. The lowest BCUT2D eigenvalue weighted by molar-refractivity contribution is 0.0507. The van der Waals surface area contributed by atoms with Crippen molar-refractivity contribution in [2.45, 2.75) is 23.8 Å². The van der Waals surface area contributed by atoms with Gasteiger partial charge in [-0.15, -0.1) is 11.8 Å². The van der Waals surface area contributed by atoms with Crippen LogP contribution in [-0.4, -0.2) is 69.0 Å². The molecule has 2 saturated heterocycles. The number of ether oxygens (including phenoxy) is 2. The number of halogens is 1. The Bertz CT molecular complexity index is 824. The zero-order valence-electron chi connectivity index (χ0n) is 15.0. The Hall–Kier alpha value is -2.13. The topological polar surface area (TPSA) is 69.5 Å². The summed E-state index contributed by atoms with van der Waals surface area (Å²) in [6.07, 6.45) is 3.99. The first kappa shape index (κ1) is 18.2. The highest BCUT2D eigenvalue weighted by atomic mass is 32.2. The third-order valence-corrected chi connectivity index (χ3v) is 6.38. The van der Waals surface area contributed by atoms with Crippen molar-refractivity contribution in [1.29, 1.82) is 0 Å². The number of nitrogens with zero attached hydrogens (tertiary/aromatic N) is 4. The van der Waals surface area contributed by atoms with Gasteiger partial charge in [-0.3, -0.25) is 9.48 Å². The summed E-state index contributed by atoms with van der Waals surface area (Å²) in [7, 11) is 1.63. The van der Waals surface area contributed by atoms with Crippen LogP contribution in [0.1, 0.15) is 16.9 Å². The third kappa shape index (κ3) is 3.79. The van der Waals surface area contributed by atoms with Crippen LogP contribution in [0.25, 0.3) is 0 Å². The molecule has 2 fully saturated rings. The highest BCUT2D eigenvalue weighted by Gasteiger charge is 2.51. The van der Waals surface area contributed by atoms with Crippen molar-refractivity contribution in [3.8, 4) is 5.88 Å². The third-order valence-electron chi connectivity index (χ3n) is 4.81. The smallest absolute Gasteiger partial charge is 0.274 e. The fraction of sp³-hybridized carbons (Fsp3) is 0.500. The van der Waals surface area contributed by atoms with Crippen molar-refractivity contribution in [2.24, 2.45) is 0 Å². The van der Waals surface area contributed by atoms with Crippen LogP contribution in [0.4, 0.5) is 4.39 Å². The number of thioether (sulfide) groups is 1. The lowest BCUT2D eigenvalue weighted by Crippen LogP contribution is -2.60. The number of likely N-dealkylation sites (tertiary alicyclic amines) is 1. The molecule has 1 atom stereocenters. The Kier molecular flexibility index (Phi) is 5.05. The molecule has 27 heavy (non-hydrogen) atoms. The van der Waals surface area contributed by atoms with E-state index >= 15 is 0 Å². The predicted molar refractivity (Wildman–Crippen MR) is 98.4 cm³/mol. The maximum atomic E-state index is 13.7. The number of hydrogen-bond acceptors (Lipinski definition) is 6. The van der Waals surface area contributed by atoms with Crippen molar-refractivity contribution in [3.05, 3.63) is 42.1 Å². The van der Waals surface area contributed by atoms with Crippen LogP contribution in [0.5, 0.6) is 5.88 Å². The summed E-state index contributed by atoms with van der Waals surface area (Å²) >= 11 is 1.79. The molecule has 0 radical (unpaired) electrons. The van der Waals surface area contributed by atoms with Crippen LogP contribution in [0.3, 0.4) is 0 Å². The van der Waals surface area contributed by atoms with Crippen molar-refractivity contribution < 1.29 is 18.7 Å². The standard InChI is InChI=1S/C18H21FN4O3S/c1-25-8-7-23-6-4-15(21-23)17(24)22-11-18(12-22)9-13(10-27-18)26-16-14(19)3-2-5-20-16/h2-6,13H,7-12H2,1H3/t13-/m1/s1. The second-order valence-electron chi connectivity index (χ2n) is 6.85. The van der Waals surface area contributed by atoms with Crippen LogP contribution in [0.15, 0.2) is 30.6 Å². The van der Waals surface area contributed by atoms with E-state index in [1.165, 1.54) is 12.3 Å². The largest absolute Gasteiger partial charge is 0.471 e. The second-order valence-corrected chi connectivity index (χ2v) is 8.33. The summed E-state index contributed by atoms with van der Waals surface area (Å²) in [6, 6.07) is 4.62. The molecule has 4 rings (SSSR count). The molecule has 1 amide bonds. The number of hydrogen-bond donors (Lipinski definition) is 0. The number of pyridine rings is 1. The predicted octanol–water partition coefficient (Wildman–Crippen LogP) is 1.84. The minimum absolute atomic E-state index is 0.00972. The van der Waals surface area contributed by atoms with Crippen molar-refractivity contribution >= 4 is 17.7 Å². The molecule has 0 bridgehead atoms. The van der Waals surface area contributed by atoms with Gasteiger partial charge in [0, 0.05) is 44.8 Å². The van der Waals surface area contributed by atoms with Crippen LogP contribution in [0, 0.1) is 5.82 Å². The van der Waals surface area contributed by atoms with Crippen molar-refractivity contribution in [2.75, 3.05) is 32.6 Å². The molecule has 2 aliphatic rings. The summed E-state index contributed by atoms with van der Waals surface area (Å²) < 4.78 is 26.1. The molecule has 7 nitrogen and oxygen atoms in total. The van der Waals surface area contributed by atoms with E-state index in [9.17, 15) is 9.18 Å². The molecule has 0 aliphatic carbocycles. The van der Waals surface area contributed by atoms with Gasteiger partial charge in [0.2, 0.25) is 0 Å². The second kappa shape index (κ2) is 7.47. The average Bonchev–Trinajstić information content (AvgIpc) is 3.27. The molecule has 0 N–H and O–H groups in total. The fourth-order valence-corrected chi connectivity index (χ4v) is 4.98. The molecule has 0 aromatic carbocycles. The Morgan fingerprint density at radius 2 is 2.30 bits per heavy atom. The summed E-state index contributed by atoms with van der Waals surface area (Å²) in [5.41, 5.74) is 0.451. The molecular weight excluding hydrogens is 371 g/mol. The van der Waals surface area contributed by atoms with Gasteiger partial charge in [0.15, 0.2) is 5.82 Å². The molecule has 9 heteroatoms. The van der Waals surface area contributed by atoms with Gasteiger partial charge in [-0.2, -0.15) is 5.10 Å². The zero-order chi connectivity index (χ0) is 18.9. The number of aromatic nitrogens is 3. The molecule has 2 aromatic heterocycles. The van der Waals surface area contributed by atoms with Crippen molar-refractivity contribution in [3.63, 3.8) is 0 Å². The van der Waals surface area contributed by atoms with E-state index in [-0.39, 0.29) is 22.6 Å². The SMILES string of the molecule is COCCn1ccc(C(=O)N2CC3(C[C@@H](Oc4ncccc4F)CS3)C2)n1. The van der Waals surface area contributed by atoms with Crippen LogP contribution in [0.2, 0.25) is 0 Å². The lowest BCUT2D eigenvalue weighted by atomic mass is 9.92. The first-order valence-electron chi connectivity index (χ1n) is 8.81. The zero-order valence-corrected chi connectivity index (χ0v) is 15.8. The van der Waals surface area contributed by atoms with Gasteiger partial charge >= 0.3 is 0 Å². The first-order valence-corrected chi connectivity index (χ1v) is 9.80. The van der Waals surface area contributed by atoms with E-state index in [0.717, 1.165) is 12.2 Å². The van der Waals surface area contributed by atoms with E-state index in [1.807, 2.05) is 0 Å². The highest BCUT2D eigenvalue weighted by molar-refractivity contribution is 8.01. The monoisotopic (exact) mass is 392 g/mol. The number of carbonyl (C=O) groups is 1. The average molecular weight is 392 g/mol. The van der Waals surface area contributed by atoms with E-state index in [1.54, 1.807) is 46.8 Å². The van der Waals surface area contributed by atoms with E-state index in [0.29, 0.717) is 31.9 Å². The Morgan fingerprint density at radius 3 is 3.07 bits per heavy atom. The molecular formula is C18H21FN4O3S. The summed E-state index contributed by atoms with van der Waals surface area (Å²) in [5.74, 6) is 0.313. The van der Waals surface area contributed by atoms with E-state index in [2.05, 4.69) is 10.1 Å².